The fourth-order valence-electron chi connectivity index (χ4n) is 4.60. The molecule has 1 N–H and O–H groups in total. The summed E-state index contributed by atoms with van der Waals surface area (Å²) >= 11 is 2.36. The van der Waals surface area contributed by atoms with E-state index in [1.54, 1.807) is 19.2 Å². The van der Waals surface area contributed by atoms with E-state index in [-0.39, 0.29) is 34.4 Å². The number of Topliss-reactive ketones (excluding diaryl/α,β-unsaturated/α-hetero) is 1. The SMILES string of the molecule is COc1ccc(-c2c(C#N)c(SCC(=O)Nc3nsc(-c4ccccc4)n3)nc3c2C(=O)CC(C)(C)C3)cc1. The number of nitrogens with zero attached hydrogens (tertiary/aromatic N) is 4. The van der Waals surface area contributed by atoms with Crippen LogP contribution in [0.3, 0.4) is 0 Å². The van der Waals surface area contributed by atoms with Crippen LogP contribution in [0.1, 0.15) is 41.9 Å². The van der Waals surface area contributed by atoms with E-state index in [9.17, 15) is 14.9 Å². The van der Waals surface area contributed by atoms with Gasteiger partial charge in [0.2, 0.25) is 11.9 Å². The third kappa shape index (κ3) is 5.70. The van der Waals surface area contributed by atoms with Crippen molar-refractivity contribution in [2.24, 2.45) is 5.41 Å². The molecule has 2 aromatic carbocycles. The van der Waals surface area contributed by atoms with E-state index in [0.717, 1.165) is 22.9 Å². The Labute approximate surface area is 234 Å². The summed E-state index contributed by atoms with van der Waals surface area (Å²) in [5.74, 6) is 0.553. The summed E-state index contributed by atoms with van der Waals surface area (Å²) in [5, 5.41) is 14.1. The van der Waals surface area contributed by atoms with Gasteiger partial charge < -0.3 is 4.74 Å². The highest BCUT2D eigenvalue weighted by molar-refractivity contribution is 8.00. The van der Waals surface area contributed by atoms with Crippen LogP contribution >= 0.6 is 23.3 Å². The van der Waals surface area contributed by atoms with Gasteiger partial charge in [-0.25, -0.2) is 4.98 Å². The van der Waals surface area contributed by atoms with Gasteiger partial charge in [-0.05, 0) is 41.1 Å². The van der Waals surface area contributed by atoms with E-state index in [4.69, 9.17) is 9.72 Å². The maximum absolute atomic E-state index is 13.3. The first kappa shape index (κ1) is 26.5. The lowest BCUT2D eigenvalue weighted by molar-refractivity contribution is -0.113. The molecule has 196 valence electrons. The summed E-state index contributed by atoms with van der Waals surface area (Å²) in [6.07, 6.45) is 0.962. The van der Waals surface area contributed by atoms with Crippen molar-refractivity contribution in [1.82, 2.24) is 14.3 Å². The minimum atomic E-state index is -0.316. The van der Waals surface area contributed by atoms with Crippen molar-refractivity contribution in [2.45, 2.75) is 31.7 Å². The largest absolute Gasteiger partial charge is 0.497 e. The molecule has 4 aromatic rings. The molecule has 2 aromatic heterocycles. The molecule has 8 nitrogen and oxygen atoms in total. The van der Waals surface area contributed by atoms with Crippen molar-refractivity contribution >= 4 is 40.9 Å². The third-order valence-corrected chi connectivity index (χ3v) is 8.07. The normalized spacial score (nSPS) is 13.8. The molecule has 0 bridgehead atoms. The second-order valence-corrected chi connectivity index (χ2v) is 11.6. The van der Waals surface area contributed by atoms with Gasteiger partial charge in [-0.1, -0.05) is 68.1 Å². The number of hydrogen-bond acceptors (Lipinski definition) is 9. The maximum atomic E-state index is 13.3. The fraction of sp³-hybridized carbons (Fsp3) is 0.241. The number of methoxy groups -OCH3 is 1. The minimum absolute atomic E-state index is 0.000262. The number of pyridine rings is 1. The van der Waals surface area contributed by atoms with E-state index >= 15 is 0 Å². The van der Waals surface area contributed by atoms with Gasteiger partial charge in [-0.15, -0.1) is 0 Å². The number of anilines is 1. The number of rotatable bonds is 7. The molecular weight excluding hydrogens is 530 g/mol. The molecule has 0 fully saturated rings. The number of hydrogen-bond donors (Lipinski definition) is 1. The first-order chi connectivity index (χ1) is 18.8. The number of benzene rings is 2. The van der Waals surface area contributed by atoms with Crippen LogP contribution in [0.5, 0.6) is 5.75 Å². The van der Waals surface area contributed by atoms with E-state index in [0.29, 0.717) is 45.4 Å². The molecule has 0 saturated heterocycles. The number of ketones is 1. The number of amides is 1. The summed E-state index contributed by atoms with van der Waals surface area (Å²) in [5.41, 5.74) is 3.37. The van der Waals surface area contributed by atoms with Crippen molar-refractivity contribution in [2.75, 3.05) is 18.2 Å². The molecule has 0 saturated carbocycles. The maximum Gasteiger partial charge on any atom is 0.241 e. The topological polar surface area (TPSA) is 118 Å². The van der Waals surface area contributed by atoms with Gasteiger partial charge in [0.15, 0.2) is 5.78 Å². The summed E-state index contributed by atoms with van der Waals surface area (Å²) in [7, 11) is 1.58. The molecule has 1 amide bonds. The van der Waals surface area contributed by atoms with Gasteiger partial charge in [-0.3, -0.25) is 14.9 Å². The van der Waals surface area contributed by atoms with Crippen LogP contribution in [0.25, 0.3) is 21.7 Å². The molecule has 0 spiro atoms. The predicted molar refractivity (Wildman–Crippen MR) is 152 cm³/mol. The van der Waals surface area contributed by atoms with Crippen molar-refractivity contribution < 1.29 is 14.3 Å². The van der Waals surface area contributed by atoms with Crippen molar-refractivity contribution in [3.63, 3.8) is 0 Å². The molecule has 10 heteroatoms. The standard InChI is InChI=1S/C29H25N5O3S2/c1-29(2)13-21-25(22(35)14-29)24(17-9-11-19(37-3)12-10-17)20(15-30)27(31-21)38-16-23(36)32-28-33-26(39-34-28)18-7-5-4-6-8-18/h4-12H,13-14,16H2,1-3H3,(H,32,34,36). The lowest BCUT2D eigenvalue weighted by atomic mass is 9.73. The fourth-order valence-corrected chi connectivity index (χ4v) is 6.03. The van der Waals surface area contributed by atoms with Crippen LogP contribution < -0.4 is 10.1 Å². The van der Waals surface area contributed by atoms with E-state index in [1.165, 1.54) is 11.5 Å². The summed E-state index contributed by atoms with van der Waals surface area (Å²) in [4.78, 5) is 35.3. The zero-order chi connectivity index (χ0) is 27.6. The molecular formula is C29H25N5O3S2. The zero-order valence-electron chi connectivity index (χ0n) is 21.6. The minimum Gasteiger partial charge on any atom is -0.497 e. The van der Waals surface area contributed by atoms with E-state index < -0.39 is 0 Å². The molecule has 0 unspecified atom stereocenters. The van der Waals surface area contributed by atoms with Crippen LogP contribution in [-0.4, -0.2) is 38.9 Å². The average Bonchev–Trinajstić information content (AvgIpc) is 3.39. The van der Waals surface area contributed by atoms with Gasteiger partial charge in [0.05, 0.1) is 24.1 Å². The Morgan fingerprint density at radius 1 is 1.08 bits per heavy atom. The van der Waals surface area contributed by atoms with Gasteiger partial charge >= 0.3 is 0 Å². The number of carbonyl (C=O) groups is 2. The highest BCUT2D eigenvalue weighted by atomic mass is 32.2. The van der Waals surface area contributed by atoms with E-state index in [1.807, 2.05) is 56.3 Å². The Hall–Kier alpha value is -4.07. The Bertz CT molecular complexity index is 1590. The summed E-state index contributed by atoms with van der Waals surface area (Å²) in [6.45, 7) is 4.07. The predicted octanol–water partition coefficient (Wildman–Crippen LogP) is 6.03. The molecule has 0 atom stereocenters. The van der Waals surface area contributed by atoms with Crippen LogP contribution in [-0.2, 0) is 11.2 Å². The van der Waals surface area contributed by atoms with Crippen molar-refractivity contribution in [1.29, 1.82) is 5.26 Å². The average molecular weight is 556 g/mol. The molecule has 0 radical (unpaired) electrons. The van der Waals surface area contributed by atoms with Crippen LogP contribution in [0, 0.1) is 16.7 Å². The van der Waals surface area contributed by atoms with Crippen LogP contribution in [0.15, 0.2) is 59.6 Å². The quantitative estimate of drug-likeness (QED) is 0.275. The number of aromatic nitrogens is 3. The van der Waals surface area contributed by atoms with E-state index in [2.05, 4.69) is 20.7 Å². The highest BCUT2D eigenvalue weighted by Gasteiger charge is 2.36. The summed E-state index contributed by atoms with van der Waals surface area (Å²) in [6, 6.07) is 19.1. The molecule has 2 heterocycles. The number of ether oxygens (including phenoxy) is 1. The smallest absolute Gasteiger partial charge is 0.241 e. The number of nitrogens with one attached hydrogen (secondary N) is 1. The van der Waals surface area contributed by atoms with Crippen LogP contribution in [0.4, 0.5) is 5.95 Å². The molecule has 0 aliphatic heterocycles. The number of carbonyl (C=O) groups excluding carboxylic acids is 2. The van der Waals surface area contributed by atoms with Gasteiger partial charge in [-0.2, -0.15) is 14.6 Å². The zero-order valence-corrected chi connectivity index (χ0v) is 23.3. The second-order valence-electron chi connectivity index (χ2n) is 9.90. The monoisotopic (exact) mass is 555 g/mol. The number of fused-ring (bicyclic) bond motifs is 1. The number of thioether (sulfide) groups is 1. The number of nitriles is 1. The van der Waals surface area contributed by atoms with Crippen LogP contribution in [0.2, 0.25) is 0 Å². The Balaban J connectivity index is 1.44. The Kier molecular flexibility index (Phi) is 7.46. The lowest BCUT2D eigenvalue weighted by Crippen LogP contribution is -2.29. The first-order valence-electron chi connectivity index (χ1n) is 12.2. The summed E-state index contributed by atoms with van der Waals surface area (Å²) < 4.78 is 9.53. The molecule has 1 aliphatic carbocycles. The third-order valence-electron chi connectivity index (χ3n) is 6.33. The first-order valence-corrected chi connectivity index (χ1v) is 14.0. The Morgan fingerprint density at radius 3 is 2.51 bits per heavy atom. The van der Waals surface area contributed by atoms with Crippen molar-refractivity contribution in [3.05, 3.63) is 71.4 Å². The van der Waals surface area contributed by atoms with Gasteiger partial charge in [0.25, 0.3) is 0 Å². The van der Waals surface area contributed by atoms with Crippen molar-refractivity contribution in [3.8, 4) is 33.5 Å². The molecule has 5 rings (SSSR count). The molecule has 39 heavy (non-hydrogen) atoms. The molecule has 1 aliphatic rings. The second kappa shape index (κ2) is 11.0. The highest BCUT2D eigenvalue weighted by Crippen LogP contribution is 2.42. The lowest BCUT2D eigenvalue weighted by Gasteiger charge is -2.31. The Morgan fingerprint density at radius 2 is 1.82 bits per heavy atom. The van der Waals surface area contributed by atoms with Gasteiger partial charge in [0.1, 0.15) is 21.9 Å². The van der Waals surface area contributed by atoms with Gasteiger partial charge in [0, 0.05) is 23.1 Å².